The molecule has 2 aliphatic carbocycles. The van der Waals surface area contributed by atoms with Crippen LogP contribution >= 0.6 is 0 Å². The summed E-state index contributed by atoms with van der Waals surface area (Å²) < 4.78 is 5.47. The fourth-order valence-corrected chi connectivity index (χ4v) is 3.46. The highest BCUT2D eigenvalue weighted by Gasteiger charge is 2.49. The summed E-state index contributed by atoms with van der Waals surface area (Å²) >= 11 is 0. The van der Waals surface area contributed by atoms with Crippen LogP contribution in [0.1, 0.15) is 63.6 Å². The van der Waals surface area contributed by atoms with Gasteiger partial charge in [0.1, 0.15) is 0 Å². The van der Waals surface area contributed by atoms with Crippen molar-refractivity contribution in [2.75, 3.05) is 7.05 Å². The Morgan fingerprint density at radius 2 is 2.05 bits per heavy atom. The second-order valence-electron chi connectivity index (χ2n) is 6.94. The average Bonchev–Trinajstić information content (AvgIpc) is 2.83. The minimum Gasteiger partial charge on any atom is -0.339 e. The van der Waals surface area contributed by atoms with Crippen molar-refractivity contribution in [2.24, 2.45) is 11.3 Å². The van der Waals surface area contributed by atoms with E-state index in [9.17, 15) is 0 Å². The van der Waals surface area contributed by atoms with Crippen molar-refractivity contribution < 1.29 is 4.52 Å². The standard InChI is InChI=1S/C15H25N3O/c1-15(2)9-11(15)14-17-13(19-18-14)8-10-6-4-5-7-12(10)16-3/h10-12,16H,4-9H2,1-3H3. The Morgan fingerprint density at radius 1 is 1.32 bits per heavy atom. The lowest BCUT2D eigenvalue weighted by molar-refractivity contribution is 0.248. The van der Waals surface area contributed by atoms with Crippen molar-refractivity contribution in [3.8, 4) is 0 Å². The molecule has 3 atom stereocenters. The van der Waals surface area contributed by atoms with E-state index < -0.39 is 0 Å². The highest BCUT2D eigenvalue weighted by Crippen LogP contribution is 2.57. The Labute approximate surface area is 115 Å². The second kappa shape index (κ2) is 4.89. The van der Waals surface area contributed by atoms with E-state index in [0.29, 0.717) is 23.3 Å². The molecule has 0 bridgehead atoms. The van der Waals surface area contributed by atoms with Gasteiger partial charge >= 0.3 is 0 Å². The molecular weight excluding hydrogens is 238 g/mol. The summed E-state index contributed by atoms with van der Waals surface area (Å²) in [4.78, 5) is 4.63. The molecule has 106 valence electrons. The van der Waals surface area contributed by atoms with Crippen LogP contribution in [-0.2, 0) is 6.42 Å². The molecule has 0 saturated heterocycles. The van der Waals surface area contributed by atoms with Gasteiger partial charge in [-0.2, -0.15) is 4.98 Å². The van der Waals surface area contributed by atoms with Crippen molar-refractivity contribution in [1.29, 1.82) is 0 Å². The highest BCUT2D eigenvalue weighted by atomic mass is 16.5. The van der Waals surface area contributed by atoms with E-state index in [0.717, 1.165) is 18.1 Å². The first-order valence-corrected chi connectivity index (χ1v) is 7.60. The van der Waals surface area contributed by atoms with E-state index in [-0.39, 0.29) is 0 Å². The predicted octanol–water partition coefficient (Wildman–Crippen LogP) is 2.90. The monoisotopic (exact) mass is 263 g/mol. The lowest BCUT2D eigenvalue weighted by atomic mass is 9.82. The molecule has 0 spiro atoms. The van der Waals surface area contributed by atoms with Crippen LogP contribution in [0.4, 0.5) is 0 Å². The van der Waals surface area contributed by atoms with Crippen molar-refractivity contribution in [2.45, 2.75) is 64.3 Å². The topological polar surface area (TPSA) is 51.0 Å². The van der Waals surface area contributed by atoms with Crippen molar-refractivity contribution in [3.05, 3.63) is 11.7 Å². The van der Waals surface area contributed by atoms with Gasteiger partial charge in [0.15, 0.2) is 5.82 Å². The van der Waals surface area contributed by atoms with Crippen LogP contribution in [0.15, 0.2) is 4.52 Å². The maximum atomic E-state index is 5.47. The molecule has 2 fully saturated rings. The molecule has 4 heteroatoms. The van der Waals surface area contributed by atoms with Gasteiger partial charge in [-0.1, -0.05) is 31.8 Å². The molecule has 19 heavy (non-hydrogen) atoms. The summed E-state index contributed by atoms with van der Waals surface area (Å²) in [5.74, 6) is 2.93. The third-order valence-electron chi connectivity index (χ3n) is 5.03. The van der Waals surface area contributed by atoms with Crippen LogP contribution in [0, 0.1) is 11.3 Å². The summed E-state index contributed by atoms with van der Waals surface area (Å²) in [7, 11) is 2.06. The molecule has 0 aliphatic heterocycles. The molecule has 2 saturated carbocycles. The number of rotatable bonds is 4. The Hall–Kier alpha value is -0.900. The molecule has 0 radical (unpaired) electrons. The fourth-order valence-electron chi connectivity index (χ4n) is 3.46. The van der Waals surface area contributed by atoms with Gasteiger partial charge < -0.3 is 9.84 Å². The van der Waals surface area contributed by atoms with Gasteiger partial charge in [-0.25, -0.2) is 0 Å². The van der Waals surface area contributed by atoms with Crippen molar-refractivity contribution in [3.63, 3.8) is 0 Å². The number of aromatic nitrogens is 2. The molecule has 1 aromatic rings. The van der Waals surface area contributed by atoms with Gasteiger partial charge in [0.25, 0.3) is 0 Å². The van der Waals surface area contributed by atoms with Gasteiger partial charge in [0.05, 0.1) is 0 Å². The summed E-state index contributed by atoms with van der Waals surface area (Å²) in [5, 5.41) is 7.62. The van der Waals surface area contributed by atoms with Crippen LogP contribution in [0.25, 0.3) is 0 Å². The minimum atomic E-state index is 0.374. The number of hydrogen-bond acceptors (Lipinski definition) is 4. The lowest BCUT2D eigenvalue weighted by Gasteiger charge is -2.30. The average molecular weight is 263 g/mol. The zero-order chi connectivity index (χ0) is 13.5. The van der Waals surface area contributed by atoms with Gasteiger partial charge in [0.2, 0.25) is 5.89 Å². The van der Waals surface area contributed by atoms with Crippen LogP contribution in [0.3, 0.4) is 0 Å². The van der Waals surface area contributed by atoms with Crippen molar-refractivity contribution >= 4 is 0 Å². The zero-order valence-electron chi connectivity index (χ0n) is 12.3. The van der Waals surface area contributed by atoms with Gasteiger partial charge in [-0.15, -0.1) is 0 Å². The molecule has 3 rings (SSSR count). The third-order valence-corrected chi connectivity index (χ3v) is 5.03. The Bertz CT molecular complexity index is 440. The van der Waals surface area contributed by atoms with Gasteiger partial charge in [-0.05, 0) is 37.6 Å². The second-order valence-corrected chi connectivity index (χ2v) is 6.94. The van der Waals surface area contributed by atoms with Crippen molar-refractivity contribution in [1.82, 2.24) is 15.5 Å². The number of nitrogens with zero attached hydrogens (tertiary/aromatic N) is 2. The zero-order valence-corrected chi connectivity index (χ0v) is 12.3. The molecule has 1 heterocycles. The van der Waals surface area contributed by atoms with E-state index in [2.05, 4.69) is 36.4 Å². The van der Waals surface area contributed by atoms with Gasteiger partial charge in [-0.3, -0.25) is 0 Å². The first kappa shape index (κ1) is 13.1. The smallest absolute Gasteiger partial charge is 0.226 e. The maximum Gasteiger partial charge on any atom is 0.226 e. The van der Waals surface area contributed by atoms with Crippen LogP contribution in [0.2, 0.25) is 0 Å². The van der Waals surface area contributed by atoms with E-state index in [1.807, 2.05) is 0 Å². The fraction of sp³-hybridized carbons (Fsp3) is 0.867. The normalized spacial score (nSPS) is 33.3. The van der Waals surface area contributed by atoms with Gasteiger partial charge in [0, 0.05) is 18.4 Å². The van der Waals surface area contributed by atoms with Crippen LogP contribution in [0.5, 0.6) is 0 Å². The Morgan fingerprint density at radius 3 is 2.74 bits per heavy atom. The lowest BCUT2D eigenvalue weighted by Crippen LogP contribution is -2.37. The first-order chi connectivity index (χ1) is 9.10. The Kier molecular flexibility index (Phi) is 3.37. The molecule has 1 aromatic heterocycles. The van der Waals surface area contributed by atoms with E-state index in [1.54, 1.807) is 0 Å². The van der Waals surface area contributed by atoms with E-state index in [1.165, 1.54) is 32.1 Å². The van der Waals surface area contributed by atoms with Crippen LogP contribution < -0.4 is 5.32 Å². The molecule has 4 nitrogen and oxygen atoms in total. The Balaban J connectivity index is 1.63. The SMILES string of the molecule is CNC1CCCCC1Cc1nc(C2CC2(C)C)no1. The molecule has 3 unspecified atom stereocenters. The maximum absolute atomic E-state index is 5.47. The van der Waals surface area contributed by atoms with Crippen LogP contribution in [-0.4, -0.2) is 23.2 Å². The molecule has 2 aliphatic rings. The summed E-state index contributed by atoms with van der Waals surface area (Å²) in [6, 6.07) is 0.612. The number of nitrogens with one attached hydrogen (secondary N) is 1. The molecule has 1 N–H and O–H groups in total. The first-order valence-electron chi connectivity index (χ1n) is 7.60. The molecule has 0 amide bonds. The quantitative estimate of drug-likeness (QED) is 0.907. The number of hydrogen-bond donors (Lipinski definition) is 1. The summed E-state index contributed by atoms with van der Waals surface area (Å²) in [6.07, 6.45) is 7.35. The minimum absolute atomic E-state index is 0.374. The summed E-state index contributed by atoms with van der Waals surface area (Å²) in [6.45, 7) is 4.54. The van der Waals surface area contributed by atoms with E-state index >= 15 is 0 Å². The summed E-state index contributed by atoms with van der Waals surface area (Å²) in [5.41, 5.74) is 0.374. The highest BCUT2D eigenvalue weighted by molar-refractivity contribution is 5.14. The largest absolute Gasteiger partial charge is 0.339 e. The molecular formula is C15H25N3O. The van der Waals surface area contributed by atoms with E-state index in [4.69, 9.17) is 4.52 Å². The predicted molar refractivity (Wildman–Crippen MR) is 73.9 cm³/mol. The molecule has 0 aromatic carbocycles. The third kappa shape index (κ3) is 2.69.